The van der Waals surface area contributed by atoms with Gasteiger partial charge in [-0.15, -0.1) is 0 Å². The first-order valence-electron chi connectivity index (χ1n) is 4.04. The zero-order valence-corrected chi connectivity index (χ0v) is 10.1. The van der Waals surface area contributed by atoms with Gasteiger partial charge in [0.2, 0.25) is 9.92 Å². The molecule has 0 radical (unpaired) electrons. The van der Waals surface area contributed by atoms with E-state index in [1.807, 2.05) is 0 Å². The van der Waals surface area contributed by atoms with Crippen LogP contribution in [-0.2, 0) is 4.12 Å². The third-order valence-corrected chi connectivity index (χ3v) is 6.01. The fraction of sp³-hybridized carbons (Fsp3) is 1.00. The highest BCUT2D eigenvalue weighted by atomic mass is 28.3. The van der Waals surface area contributed by atoms with Crippen molar-refractivity contribution in [2.75, 3.05) is 13.1 Å². The first-order chi connectivity index (χ1) is 4.70. The maximum Gasteiger partial charge on any atom is 0.227 e. The standard InChI is InChI=1S/C6H19NOSi2/c1-5-7(6-2)9-8-10(3)4/h10H,5-6,9H2,1-4H3. The van der Waals surface area contributed by atoms with Gasteiger partial charge in [-0.25, -0.2) is 0 Å². The summed E-state index contributed by atoms with van der Waals surface area (Å²) >= 11 is 0. The van der Waals surface area contributed by atoms with Crippen LogP contribution in [0, 0.1) is 0 Å². The quantitative estimate of drug-likeness (QED) is 0.561. The van der Waals surface area contributed by atoms with Crippen LogP contribution in [-0.4, -0.2) is 36.6 Å². The molecule has 0 spiro atoms. The Morgan fingerprint density at radius 2 is 1.80 bits per heavy atom. The molecule has 0 aromatic carbocycles. The van der Waals surface area contributed by atoms with Crippen LogP contribution in [0.5, 0.6) is 0 Å². The van der Waals surface area contributed by atoms with Gasteiger partial charge in [-0.3, -0.25) is 0 Å². The Hall–Kier alpha value is 0.354. The average molecular weight is 177 g/mol. The molecule has 0 aliphatic rings. The summed E-state index contributed by atoms with van der Waals surface area (Å²) in [5, 5.41) is 0. The van der Waals surface area contributed by atoms with Crippen molar-refractivity contribution in [3.63, 3.8) is 0 Å². The highest BCUT2D eigenvalue weighted by molar-refractivity contribution is 6.55. The maximum absolute atomic E-state index is 5.69. The van der Waals surface area contributed by atoms with Gasteiger partial charge >= 0.3 is 0 Å². The molecule has 0 aliphatic heterocycles. The van der Waals surface area contributed by atoms with Crippen molar-refractivity contribution >= 4 is 19.0 Å². The lowest BCUT2D eigenvalue weighted by Gasteiger charge is -2.18. The molecule has 0 amide bonds. The molecule has 62 valence electrons. The molecule has 0 rings (SSSR count). The van der Waals surface area contributed by atoms with Gasteiger partial charge in [-0.1, -0.05) is 13.8 Å². The molecule has 2 nitrogen and oxygen atoms in total. The van der Waals surface area contributed by atoms with E-state index in [4.69, 9.17) is 4.12 Å². The Morgan fingerprint density at radius 1 is 1.30 bits per heavy atom. The second-order valence-electron chi connectivity index (χ2n) is 2.65. The summed E-state index contributed by atoms with van der Waals surface area (Å²) in [5.74, 6) is 0. The molecule has 0 saturated heterocycles. The molecule has 4 heteroatoms. The van der Waals surface area contributed by atoms with E-state index in [9.17, 15) is 0 Å². The number of hydrogen-bond acceptors (Lipinski definition) is 2. The predicted molar refractivity (Wildman–Crippen MR) is 51.4 cm³/mol. The first-order valence-corrected chi connectivity index (χ1v) is 8.03. The Morgan fingerprint density at radius 3 is 2.10 bits per heavy atom. The van der Waals surface area contributed by atoms with Crippen LogP contribution in [0.2, 0.25) is 13.1 Å². The molecule has 0 aromatic rings. The van der Waals surface area contributed by atoms with Crippen molar-refractivity contribution in [3.8, 4) is 0 Å². The van der Waals surface area contributed by atoms with E-state index in [0.717, 1.165) is 13.1 Å². The Balaban J connectivity index is 3.26. The molecule has 10 heavy (non-hydrogen) atoms. The van der Waals surface area contributed by atoms with E-state index < -0.39 is 9.04 Å². The Labute approximate surface area is 68.3 Å². The average Bonchev–Trinajstić information content (AvgIpc) is 1.90. The summed E-state index contributed by atoms with van der Waals surface area (Å²) in [6.07, 6.45) is 0. The van der Waals surface area contributed by atoms with Gasteiger partial charge < -0.3 is 8.68 Å². The molecule has 0 atom stereocenters. The topological polar surface area (TPSA) is 12.5 Å². The lowest BCUT2D eigenvalue weighted by atomic mass is 10.7. The van der Waals surface area contributed by atoms with E-state index in [0.29, 0.717) is 0 Å². The van der Waals surface area contributed by atoms with Gasteiger partial charge in [0.05, 0.1) is 0 Å². The van der Waals surface area contributed by atoms with Crippen molar-refractivity contribution in [3.05, 3.63) is 0 Å². The van der Waals surface area contributed by atoms with Crippen LogP contribution in [0.4, 0.5) is 0 Å². The zero-order chi connectivity index (χ0) is 7.98. The molecule has 0 unspecified atom stereocenters. The molecule has 0 aliphatic carbocycles. The van der Waals surface area contributed by atoms with E-state index in [2.05, 4.69) is 31.5 Å². The van der Waals surface area contributed by atoms with Crippen LogP contribution in [0.25, 0.3) is 0 Å². The highest BCUT2D eigenvalue weighted by Crippen LogP contribution is 1.87. The van der Waals surface area contributed by atoms with E-state index in [-0.39, 0.29) is 9.92 Å². The summed E-state index contributed by atoms with van der Waals surface area (Å²) in [6, 6.07) is 0. The summed E-state index contributed by atoms with van der Waals surface area (Å²) in [6.45, 7) is 11.2. The van der Waals surface area contributed by atoms with E-state index in [1.165, 1.54) is 0 Å². The lowest BCUT2D eigenvalue weighted by Crippen LogP contribution is -2.32. The van der Waals surface area contributed by atoms with Crippen molar-refractivity contribution in [1.82, 2.24) is 4.57 Å². The third-order valence-electron chi connectivity index (χ3n) is 1.48. The van der Waals surface area contributed by atoms with Crippen LogP contribution >= 0.6 is 0 Å². The molecule has 0 aromatic heterocycles. The Kier molecular flexibility index (Phi) is 6.30. The van der Waals surface area contributed by atoms with Crippen LogP contribution in [0.1, 0.15) is 13.8 Å². The third kappa shape index (κ3) is 5.16. The summed E-state index contributed by atoms with van der Waals surface area (Å²) in [7, 11) is -1.06. The monoisotopic (exact) mass is 177 g/mol. The minimum absolute atomic E-state index is 0.327. The summed E-state index contributed by atoms with van der Waals surface area (Å²) in [5.41, 5.74) is 0. The molecule has 0 N–H and O–H groups in total. The minimum atomic E-state index is -0.734. The van der Waals surface area contributed by atoms with Crippen LogP contribution in [0.3, 0.4) is 0 Å². The fourth-order valence-electron chi connectivity index (χ4n) is 0.661. The summed E-state index contributed by atoms with van der Waals surface area (Å²) < 4.78 is 8.11. The molecule has 0 heterocycles. The summed E-state index contributed by atoms with van der Waals surface area (Å²) in [4.78, 5) is 0. The molecule has 0 fully saturated rings. The smallest absolute Gasteiger partial charge is 0.227 e. The maximum atomic E-state index is 5.69. The van der Waals surface area contributed by atoms with Crippen molar-refractivity contribution in [2.24, 2.45) is 0 Å². The highest BCUT2D eigenvalue weighted by Gasteiger charge is 2.01. The van der Waals surface area contributed by atoms with Gasteiger partial charge in [-0.2, -0.15) is 0 Å². The van der Waals surface area contributed by atoms with Gasteiger partial charge in [0.15, 0.2) is 9.04 Å². The van der Waals surface area contributed by atoms with Crippen molar-refractivity contribution in [1.29, 1.82) is 0 Å². The number of rotatable bonds is 5. The second-order valence-corrected chi connectivity index (χ2v) is 7.23. The van der Waals surface area contributed by atoms with Gasteiger partial charge in [0.25, 0.3) is 0 Å². The SMILES string of the molecule is CCN(CC)[SiH2]O[SiH](C)C. The molecule has 0 bridgehead atoms. The molecule has 0 saturated carbocycles. The fourth-order valence-corrected chi connectivity index (χ4v) is 3.06. The van der Waals surface area contributed by atoms with Gasteiger partial charge in [0.1, 0.15) is 0 Å². The zero-order valence-electron chi connectivity index (χ0n) is 7.55. The van der Waals surface area contributed by atoms with Gasteiger partial charge in [0, 0.05) is 0 Å². The Bertz CT molecular complexity index is 76.1. The predicted octanol–water partition coefficient (Wildman–Crippen LogP) is 0.327. The minimum Gasteiger partial charge on any atom is -0.451 e. The first kappa shape index (κ1) is 10.4. The second kappa shape index (κ2) is 6.09. The number of nitrogens with zero attached hydrogens (tertiary/aromatic N) is 1. The van der Waals surface area contributed by atoms with Crippen molar-refractivity contribution in [2.45, 2.75) is 26.9 Å². The molecular formula is C6H19NOSi2. The van der Waals surface area contributed by atoms with Gasteiger partial charge in [-0.05, 0) is 26.2 Å². The van der Waals surface area contributed by atoms with E-state index >= 15 is 0 Å². The number of hydrogen-bond donors (Lipinski definition) is 0. The normalized spacial score (nSPS) is 12.6. The lowest BCUT2D eigenvalue weighted by molar-refractivity contribution is 0.426. The van der Waals surface area contributed by atoms with E-state index in [1.54, 1.807) is 0 Å². The van der Waals surface area contributed by atoms with Crippen LogP contribution in [0.15, 0.2) is 0 Å². The van der Waals surface area contributed by atoms with Crippen molar-refractivity contribution < 1.29 is 4.12 Å². The molecular weight excluding hydrogens is 158 g/mol. The largest absolute Gasteiger partial charge is 0.451 e. The van der Waals surface area contributed by atoms with Crippen LogP contribution < -0.4 is 0 Å².